The Morgan fingerprint density at radius 1 is 1.06 bits per heavy atom. The lowest BCUT2D eigenvalue weighted by atomic mass is 9.93. The summed E-state index contributed by atoms with van der Waals surface area (Å²) in [4.78, 5) is 8.50. The van der Waals surface area contributed by atoms with E-state index in [1.165, 1.54) is 0 Å². The van der Waals surface area contributed by atoms with Crippen LogP contribution in [0, 0.1) is 5.92 Å². The summed E-state index contributed by atoms with van der Waals surface area (Å²) in [5, 5.41) is 10.3. The number of aliphatic hydroxyl groups excluding tert-OH is 1. The van der Waals surface area contributed by atoms with Gasteiger partial charge in [-0.2, -0.15) is 0 Å². The van der Waals surface area contributed by atoms with Gasteiger partial charge in [0.1, 0.15) is 0 Å². The number of aromatic nitrogens is 2. The number of nitrogens with zero attached hydrogens (tertiary/aromatic N) is 2. The third-order valence-electron chi connectivity index (χ3n) is 3.59. The van der Waals surface area contributed by atoms with Crippen LogP contribution in [-0.2, 0) is 0 Å². The Labute approximate surface area is 108 Å². The molecule has 1 atom stereocenters. The highest BCUT2D eigenvalue weighted by Gasteiger charge is 2.14. The first kappa shape index (κ1) is 13.0. The van der Waals surface area contributed by atoms with E-state index in [0.717, 1.165) is 35.9 Å². The molecule has 96 valence electrons. The molecule has 1 heterocycles. The molecule has 0 aliphatic rings. The molecule has 0 spiro atoms. The van der Waals surface area contributed by atoms with Crippen molar-refractivity contribution in [3.63, 3.8) is 0 Å². The molecule has 1 aromatic heterocycles. The molecule has 1 unspecified atom stereocenters. The third kappa shape index (κ3) is 2.85. The van der Waals surface area contributed by atoms with Crippen LogP contribution in [0.25, 0.3) is 11.0 Å². The zero-order valence-electron chi connectivity index (χ0n) is 11.0. The van der Waals surface area contributed by atoms with Gasteiger partial charge in [0.2, 0.25) is 0 Å². The molecule has 2 rings (SSSR count). The fraction of sp³-hybridized carbons (Fsp3) is 0.467. The second kappa shape index (κ2) is 5.91. The van der Waals surface area contributed by atoms with Gasteiger partial charge in [-0.15, -0.1) is 0 Å². The van der Waals surface area contributed by atoms with E-state index in [1.54, 1.807) is 12.4 Å². The third-order valence-corrected chi connectivity index (χ3v) is 3.59. The minimum Gasteiger partial charge on any atom is -0.388 e. The summed E-state index contributed by atoms with van der Waals surface area (Å²) >= 11 is 0. The molecule has 0 radical (unpaired) electrons. The summed E-state index contributed by atoms with van der Waals surface area (Å²) < 4.78 is 0. The van der Waals surface area contributed by atoms with Crippen LogP contribution >= 0.6 is 0 Å². The Kier molecular flexibility index (Phi) is 4.26. The molecule has 0 amide bonds. The van der Waals surface area contributed by atoms with Crippen LogP contribution in [0.5, 0.6) is 0 Å². The number of aliphatic hydroxyl groups is 1. The van der Waals surface area contributed by atoms with E-state index in [2.05, 4.69) is 23.8 Å². The van der Waals surface area contributed by atoms with Crippen molar-refractivity contribution < 1.29 is 5.11 Å². The standard InChI is InChI=1S/C15H20N2O/c1-3-11(4-2)9-15(18)12-5-6-13-14(10-12)17-8-7-16-13/h5-8,10-11,15,18H,3-4,9H2,1-2H3. The van der Waals surface area contributed by atoms with Crippen LogP contribution < -0.4 is 0 Å². The van der Waals surface area contributed by atoms with E-state index in [-0.39, 0.29) is 0 Å². The summed E-state index contributed by atoms with van der Waals surface area (Å²) in [7, 11) is 0. The highest BCUT2D eigenvalue weighted by atomic mass is 16.3. The average molecular weight is 244 g/mol. The fourth-order valence-corrected chi connectivity index (χ4v) is 2.26. The van der Waals surface area contributed by atoms with Crippen molar-refractivity contribution in [3.8, 4) is 0 Å². The van der Waals surface area contributed by atoms with Crippen LogP contribution in [-0.4, -0.2) is 15.1 Å². The van der Waals surface area contributed by atoms with Gasteiger partial charge in [0, 0.05) is 12.4 Å². The molecule has 18 heavy (non-hydrogen) atoms. The number of fused-ring (bicyclic) bond motifs is 1. The van der Waals surface area contributed by atoms with Crippen molar-refractivity contribution in [2.75, 3.05) is 0 Å². The quantitative estimate of drug-likeness (QED) is 0.875. The van der Waals surface area contributed by atoms with Gasteiger partial charge in [0.25, 0.3) is 0 Å². The van der Waals surface area contributed by atoms with E-state index in [0.29, 0.717) is 5.92 Å². The van der Waals surface area contributed by atoms with Crippen LogP contribution in [0.2, 0.25) is 0 Å². The SMILES string of the molecule is CCC(CC)CC(O)c1ccc2nccnc2c1. The smallest absolute Gasteiger partial charge is 0.0890 e. The van der Waals surface area contributed by atoms with Gasteiger partial charge in [-0.05, 0) is 30.0 Å². The van der Waals surface area contributed by atoms with Gasteiger partial charge in [0.05, 0.1) is 17.1 Å². The van der Waals surface area contributed by atoms with E-state index in [9.17, 15) is 5.11 Å². The Balaban J connectivity index is 2.19. The first-order valence-corrected chi connectivity index (χ1v) is 6.63. The normalized spacial score (nSPS) is 13.1. The van der Waals surface area contributed by atoms with Crippen LogP contribution in [0.4, 0.5) is 0 Å². The zero-order valence-corrected chi connectivity index (χ0v) is 11.0. The van der Waals surface area contributed by atoms with Gasteiger partial charge in [-0.1, -0.05) is 32.8 Å². The molecule has 2 aromatic rings. The van der Waals surface area contributed by atoms with E-state index < -0.39 is 6.10 Å². The molecule has 3 heteroatoms. The fourth-order valence-electron chi connectivity index (χ4n) is 2.26. The summed E-state index contributed by atoms with van der Waals surface area (Å²) in [6.45, 7) is 4.35. The minimum atomic E-state index is -0.402. The highest BCUT2D eigenvalue weighted by Crippen LogP contribution is 2.26. The van der Waals surface area contributed by atoms with Crippen molar-refractivity contribution in [1.82, 2.24) is 9.97 Å². The lowest BCUT2D eigenvalue weighted by Crippen LogP contribution is -2.06. The van der Waals surface area contributed by atoms with Gasteiger partial charge >= 0.3 is 0 Å². The molecular weight excluding hydrogens is 224 g/mol. The predicted octanol–water partition coefficient (Wildman–Crippen LogP) is 3.49. The summed E-state index contributed by atoms with van der Waals surface area (Å²) in [6.07, 6.45) is 6.00. The molecule has 0 aliphatic carbocycles. The van der Waals surface area contributed by atoms with Gasteiger partial charge in [0.15, 0.2) is 0 Å². The Hall–Kier alpha value is -1.48. The van der Waals surface area contributed by atoms with Gasteiger partial charge in [-0.3, -0.25) is 9.97 Å². The number of rotatable bonds is 5. The molecule has 1 aromatic carbocycles. The second-order valence-electron chi connectivity index (χ2n) is 4.74. The van der Waals surface area contributed by atoms with Crippen molar-refractivity contribution >= 4 is 11.0 Å². The number of hydrogen-bond acceptors (Lipinski definition) is 3. The molecule has 1 N–H and O–H groups in total. The van der Waals surface area contributed by atoms with Crippen molar-refractivity contribution in [3.05, 3.63) is 36.2 Å². The molecule has 0 fully saturated rings. The number of hydrogen-bond donors (Lipinski definition) is 1. The minimum absolute atomic E-state index is 0.402. The molecular formula is C15H20N2O. The highest BCUT2D eigenvalue weighted by molar-refractivity contribution is 5.74. The maximum atomic E-state index is 10.3. The van der Waals surface area contributed by atoms with Crippen LogP contribution in [0.1, 0.15) is 44.8 Å². The summed E-state index contributed by atoms with van der Waals surface area (Å²) in [5.74, 6) is 0.581. The van der Waals surface area contributed by atoms with E-state index in [1.807, 2.05) is 18.2 Å². The first-order valence-electron chi connectivity index (χ1n) is 6.63. The monoisotopic (exact) mass is 244 g/mol. The molecule has 0 bridgehead atoms. The molecule has 3 nitrogen and oxygen atoms in total. The molecule has 0 saturated carbocycles. The average Bonchev–Trinajstić information content (AvgIpc) is 2.44. The Bertz CT molecular complexity index is 509. The second-order valence-corrected chi connectivity index (χ2v) is 4.74. The van der Waals surface area contributed by atoms with E-state index in [4.69, 9.17) is 0 Å². The van der Waals surface area contributed by atoms with Crippen molar-refractivity contribution in [1.29, 1.82) is 0 Å². The maximum Gasteiger partial charge on any atom is 0.0890 e. The first-order chi connectivity index (χ1) is 8.74. The largest absolute Gasteiger partial charge is 0.388 e. The zero-order chi connectivity index (χ0) is 13.0. The molecule has 0 aliphatic heterocycles. The Morgan fingerprint density at radius 3 is 2.39 bits per heavy atom. The van der Waals surface area contributed by atoms with Crippen LogP contribution in [0.3, 0.4) is 0 Å². The Morgan fingerprint density at radius 2 is 1.72 bits per heavy atom. The van der Waals surface area contributed by atoms with Crippen LogP contribution in [0.15, 0.2) is 30.6 Å². The lowest BCUT2D eigenvalue weighted by Gasteiger charge is -2.17. The van der Waals surface area contributed by atoms with Crippen molar-refractivity contribution in [2.45, 2.75) is 39.2 Å². The van der Waals surface area contributed by atoms with E-state index >= 15 is 0 Å². The summed E-state index contributed by atoms with van der Waals surface area (Å²) in [6, 6.07) is 5.81. The maximum absolute atomic E-state index is 10.3. The summed E-state index contributed by atoms with van der Waals surface area (Å²) in [5.41, 5.74) is 2.66. The molecule has 0 saturated heterocycles. The topological polar surface area (TPSA) is 46.0 Å². The van der Waals surface area contributed by atoms with Crippen molar-refractivity contribution in [2.24, 2.45) is 5.92 Å². The van der Waals surface area contributed by atoms with Gasteiger partial charge < -0.3 is 5.11 Å². The predicted molar refractivity (Wildman–Crippen MR) is 73.2 cm³/mol. The number of benzene rings is 1. The lowest BCUT2D eigenvalue weighted by molar-refractivity contribution is 0.141. The van der Waals surface area contributed by atoms with Gasteiger partial charge in [-0.25, -0.2) is 0 Å².